The van der Waals surface area contributed by atoms with Crippen molar-refractivity contribution in [2.24, 2.45) is 0 Å². The molecule has 1 N–H and O–H groups in total. The number of sulfonamides is 1. The van der Waals surface area contributed by atoms with E-state index in [1.54, 1.807) is 4.31 Å². The summed E-state index contributed by atoms with van der Waals surface area (Å²) >= 11 is 0. The summed E-state index contributed by atoms with van der Waals surface area (Å²) in [5, 5.41) is 3.07. The number of nitrogens with zero attached hydrogens (tertiary/aromatic N) is 1. The summed E-state index contributed by atoms with van der Waals surface area (Å²) in [6.45, 7) is 1.38. The average molecular weight is 268 g/mol. The van der Waals surface area contributed by atoms with Gasteiger partial charge in [0, 0.05) is 19.1 Å². The largest absolute Gasteiger partial charge is 0.318 e. The number of nitrogens with one attached hydrogen (secondary N) is 1. The zero-order chi connectivity index (χ0) is 13.0. The second-order valence-electron chi connectivity index (χ2n) is 4.71. The minimum atomic E-state index is -3.19. The third-order valence-corrected chi connectivity index (χ3v) is 5.21. The van der Waals surface area contributed by atoms with E-state index in [0.29, 0.717) is 6.54 Å². The quantitative estimate of drug-likeness (QED) is 0.873. The van der Waals surface area contributed by atoms with Crippen molar-refractivity contribution in [3.8, 4) is 0 Å². The number of hydrogen-bond donors (Lipinski definition) is 1. The molecule has 1 aliphatic rings. The summed E-state index contributed by atoms with van der Waals surface area (Å²) in [7, 11) is -1.33. The first-order valence-electron chi connectivity index (χ1n) is 6.31. The predicted octanol–water partition coefficient (Wildman–Crippen LogP) is 1.20. The van der Waals surface area contributed by atoms with Gasteiger partial charge in [-0.3, -0.25) is 0 Å². The van der Waals surface area contributed by atoms with E-state index in [-0.39, 0.29) is 11.8 Å². The van der Waals surface area contributed by atoms with Gasteiger partial charge in [-0.05, 0) is 25.5 Å². The normalized spacial score (nSPS) is 21.3. The first-order chi connectivity index (χ1) is 8.63. The Morgan fingerprint density at radius 3 is 2.72 bits per heavy atom. The summed E-state index contributed by atoms with van der Waals surface area (Å²) in [5.41, 5.74) is 0.854. The van der Waals surface area contributed by atoms with Crippen molar-refractivity contribution in [1.82, 2.24) is 9.62 Å². The molecule has 0 unspecified atom stereocenters. The van der Waals surface area contributed by atoms with Crippen molar-refractivity contribution in [1.29, 1.82) is 0 Å². The Bertz CT molecular complexity index is 473. The van der Waals surface area contributed by atoms with Gasteiger partial charge in [0.25, 0.3) is 0 Å². The van der Waals surface area contributed by atoms with Crippen LogP contribution in [0.2, 0.25) is 0 Å². The minimum Gasteiger partial charge on any atom is -0.318 e. The standard InChI is InChI=1S/C13H20N2O2S/c1-14-10-13-8-5-9-15(13)18(16,17)11-12-6-3-2-4-7-12/h2-4,6-7,13-14H,5,8-11H2,1H3/t13-/m1/s1. The van der Waals surface area contributed by atoms with Gasteiger partial charge < -0.3 is 5.32 Å². The summed E-state index contributed by atoms with van der Waals surface area (Å²) in [4.78, 5) is 0. The molecule has 0 aliphatic carbocycles. The van der Waals surface area contributed by atoms with Crippen LogP contribution in [0.1, 0.15) is 18.4 Å². The Balaban J connectivity index is 2.11. The van der Waals surface area contributed by atoms with Crippen molar-refractivity contribution in [2.45, 2.75) is 24.6 Å². The van der Waals surface area contributed by atoms with E-state index >= 15 is 0 Å². The molecule has 1 aliphatic heterocycles. The molecule has 0 bridgehead atoms. The zero-order valence-corrected chi connectivity index (χ0v) is 11.5. The molecule has 1 saturated heterocycles. The third-order valence-electron chi connectivity index (χ3n) is 3.31. The maximum Gasteiger partial charge on any atom is 0.218 e. The first kappa shape index (κ1) is 13.5. The third kappa shape index (κ3) is 3.10. The van der Waals surface area contributed by atoms with Crippen molar-refractivity contribution >= 4 is 10.0 Å². The molecule has 1 aromatic carbocycles. The fraction of sp³-hybridized carbons (Fsp3) is 0.538. The molecule has 2 rings (SSSR count). The first-order valence-corrected chi connectivity index (χ1v) is 7.92. The topological polar surface area (TPSA) is 49.4 Å². The molecular formula is C13H20N2O2S. The molecule has 4 nitrogen and oxygen atoms in total. The molecule has 0 radical (unpaired) electrons. The Labute approximate surface area is 109 Å². The van der Waals surface area contributed by atoms with E-state index < -0.39 is 10.0 Å². The van der Waals surface area contributed by atoms with Gasteiger partial charge in [-0.15, -0.1) is 0 Å². The maximum atomic E-state index is 12.4. The van der Waals surface area contributed by atoms with E-state index in [4.69, 9.17) is 0 Å². The fourth-order valence-electron chi connectivity index (χ4n) is 2.48. The highest BCUT2D eigenvalue weighted by molar-refractivity contribution is 7.88. The van der Waals surface area contributed by atoms with Gasteiger partial charge in [0.1, 0.15) is 0 Å². The highest BCUT2D eigenvalue weighted by atomic mass is 32.2. The molecule has 1 atom stereocenters. The predicted molar refractivity (Wildman–Crippen MR) is 72.7 cm³/mol. The molecule has 100 valence electrons. The minimum absolute atomic E-state index is 0.105. The number of rotatable bonds is 5. The number of hydrogen-bond acceptors (Lipinski definition) is 3. The lowest BCUT2D eigenvalue weighted by Gasteiger charge is -2.23. The second-order valence-corrected chi connectivity index (χ2v) is 6.63. The van der Waals surface area contributed by atoms with Gasteiger partial charge in [0.2, 0.25) is 10.0 Å². The lowest BCUT2D eigenvalue weighted by Crippen LogP contribution is -2.41. The highest BCUT2D eigenvalue weighted by Crippen LogP contribution is 2.22. The Morgan fingerprint density at radius 1 is 1.33 bits per heavy atom. The molecule has 5 heteroatoms. The average Bonchev–Trinajstić information content (AvgIpc) is 2.79. The van der Waals surface area contributed by atoms with E-state index in [0.717, 1.165) is 24.9 Å². The second kappa shape index (κ2) is 5.82. The number of benzene rings is 1. The molecule has 0 saturated carbocycles. The van der Waals surface area contributed by atoms with Crippen molar-refractivity contribution in [2.75, 3.05) is 20.1 Å². The van der Waals surface area contributed by atoms with Gasteiger partial charge in [0.15, 0.2) is 0 Å². The zero-order valence-electron chi connectivity index (χ0n) is 10.7. The van der Waals surface area contributed by atoms with Crippen LogP contribution in [0.4, 0.5) is 0 Å². The summed E-state index contributed by atoms with van der Waals surface area (Å²) in [6.07, 6.45) is 1.91. The van der Waals surface area contributed by atoms with Crippen LogP contribution >= 0.6 is 0 Å². The van der Waals surface area contributed by atoms with Crippen LogP contribution in [0.25, 0.3) is 0 Å². The van der Waals surface area contributed by atoms with E-state index in [2.05, 4.69) is 5.32 Å². The lowest BCUT2D eigenvalue weighted by atomic mass is 10.2. The van der Waals surface area contributed by atoms with Crippen molar-refractivity contribution < 1.29 is 8.42 Å². The Morgan fingerprint density at radius 2 is 2.06 bits per heavy atom. The summed E-state index contributed by atoms with van der Waals surface area (Å²) < 4.78 is 26.4. The fourth-order valence-corrected chi connectivity index (χ4v) is 4.30. The van der Waals surface area contributed by atoms with Crippen LogP contribution in [0.3, 0.4) is 0 Å². The highest BCUT2D eigenvalue weighted by Gasteiger charge is 2.33. The number of likely N-dealkylation sites (N-methyl/N-ethyl adjacent to an activating group) is 1. The molecule has 0 aromatic heterocycles. The molecular weight excluding hydrogens is 248 g/mol. The van der Waals surface area contributed by atoms with E-state index in [1.165, 1.54) is 0 Å². The van der Waals surface area contributed by atoms with Crippen LogP contribution in [0.5, 0.6) is 0 Å². The molecule has 1 heterocycles. The molecule has 0 spiro atoms. The Hall–Kier alpha value is -0.910. The van der Waals surface area contributed by atoms with E-state index in [1.807, 2.05) is 37.4 Å². The van der Waals surface area contributed by atoms with Gasteiger partial charge in [0.05, 0.1) is 5.75 Å². The van der Waals surface area contributed by atoms with E-state index in [9.17, 15) is 8.42 Å². The SMILES string of the molecule is CNC[C@H]1CCCN1S(=O)(=O)Cc1ccccc1. The molecule has 0 amide bonds. The molecule has 1 fully saturated rings. The van der Waals surface area contributed by atoms with Crippen molar-refractivity contribution in [3.05, 3.63) is 35.9 Å². The van der Waals surface area contributed by atoms with Gasteiger partial charge in [-0.1, -0.05) is 30.3 Å². The van der Waals surface area contributed by atoms with Crippen LogP contribution in [0.15, 0.2) is 30.3 Å². The van der Waals surface area contributed by atoms with Crippen LogP contribution in [-0.2, 0) is 15.8 Å². The summed E-state index contributed by atoms with van der Waals surface area (Å²) in [5.74, 6) is 0.105. The monoisotopic (exact) mass is 268 g/mol. The van der Waals surface area contributed by atoms with Crippen LogP contribution in [-0.4, -0.2) is 38.9 Å². The van der Waals surface area contributed by atoms with Gasteiger partial charge in [-0.25, -0.2) is 8.42 Å². The maximum absolute atomic E-state index is 12.4. The van der Waals surface area contributed by atoms with Crippen molar-refractivity contribution in [3.63, 3.8) is 0 Å². The van der Waals surface area contributed by atoms with Gasteiger partial charge >= 0.3 is 0 Å². The summed E-state index contributed by atoms with van der Waals surface area (Å²) in [6, 6.07) is 9.49. The van der Waals surface area contributed by atoms with Crippen LogP contribution in [0, 0.1) is 0 Å². The molecule has 1 aromatic rings. The molecule has 18 heavy (non-hydrogen) atoms. The Kier molecular flexibility index (Phi) is 4.37. The lowest BCUT2D eigenvalue weighted by molar-refractivity contribution is 0.378. The van der Waals surface area contributed by atoms with Crippen LogP contribution < -0.4 is 5.32 Å². The van der Waals surface area contributed by atoms with Gasteiger partial charge in [-0.2, -0.15) is 4.31 Å². The smallest absolute Gasteiger partial charge is 0.218 e.